The maximum Gasteiger partial charge on any atom is 0.164 e. The number of nitriles is 1. The van der Waals surface area contributed by atoms with Gasteiger partial charge in [0.05, 0.1) is 11.6 Å². The summed E-state index contributed by atoms with van der Waals surface area (Å²) < 4.78 is 0. The second-order valence-corrected chi connectivity index (χ2v) is 15.6. The largest absolute Gasteiger partial charge is 0.208 e. The molecule has 7 aromatic rings. The Hall–Kier alpha value is -5.92. The maximum absolute atomic E-state index is 9.69. The number of hydrogen-bond acceptors (Lipinski definition) is 4. The zero-order valence-corrected chi connectivity index (χ0v) is 30.3. The highest BCUT2D eigenvalue weighted by atomic mass is 15.0. The first-order valence-corrected chi connectivity index (χ1v) is 19.0. The Morgan fingerprint density at radius 1 is 0.491 bits per heavy atom. The van der Waals surface area contributed by atoms with Gasteiger partial charge in [-0.2, -0.15) is 5.26 Å². The molecule has 0 amide bonds. The quantitative estimate of drug-likeness (QED) is 0.175. The molecule has 2 aliphatic carbocycles. The summed E-state index contributed by atoms with van der Waals surface area (Å²) in [4.78, 5) is 15.3. The molecule has 53 heavy (non-hydrogen) atoms. The molecule has 0 saturated heterocycles. The van der Waals surface area contributed by atoms with Gasteiger partial charge in [-0.1, -0.05) is 147 Å². The molecule has 2 bridgehead atoms. The molecule has 4 atom stereocenters. The zero-order valence-electron chi connectivity index (χ0n) is 30.3. The van der Waals surface area contributed by atoms with Crippen LogP contribution in [0.5, 0.6) is 0 Å². The van der Waals surface area contributed by atoms with Crippen LogP contribution in [0.2, 0.25) is 0 Å². The van der Waals surface area contributed by atoms with Crippen molar-refractivity contribution in [3.8, 4) is 62.5 Å². The van der Waals surface area contributed by atoms with Crippen molar-refractivity contribution in [2.45, 2.75) is 51.4 Å². The first kappa shape index (κ1) is 33.0. The first-order chi connectivity index (χ1) is 26.0. The standard InChI is InChI=1S/C49H42N4/c1-32-26-34-27-33(2)29-49(28-32,30-34)40-23-20-36(21-24-40)41-12-7-9-15-45(41)48-52-46(37-10-4-3-5-11-37)51-47(53-48)38-18-16-35(17-19-38)43-25-22-39(31-50)42-13-6-8-14-44(42)43/h3-25,32-34H,26-30H2,1-2H3/t32-,33+,34-,49?. The average molecular weight is 687 g/mol. The summed E-state index contributed by atoms with van der Waals surface area (Å²) in [6.45, 7) is 4.92. The van der Waals surface area contributed by atoms with Gasteiger partial charge in [-0.05, 0) is 94.5 Å². The summed E-state index contributed by atoms with van der Waals surface area (Å²) >= 11 is 0. The highest BCUT2D eigenvalue weighted by Gasteiger charge is 2.45. The smallest absolute Gasteiger partial charge is 0.164 e. The minimum atomic E-state index is 0.300. The second-order valence-electron chi connectivity index (χ2n) is 15.6. The van der Waals surface area contributed by atoms with Crippen molar-refractivity contribution in [2.75, 3.05) is 0 Å². The lowest BCUT2D eigenvalue weighted by atomic mass is 9.54. The lowest BCUT2D eigenvalue weighted by Gasteiger charge is -2.50. The van der Waals surface area contributed by atoms with Crippen LogP contribution in [-0.4, -0.2) is 15.0 Å². The van der Waals surface area contributed by atoms with E-state index in [0.29, 0.717) is 28.5 Å². The van der Waals surface area contributed by atoms with E-state index in [1.165, 1.54) is 43.2 Å². The predicted octanol–water partition coefficient (Wildman–Crippen LogP) is 12.3. The van der Waals surface area contributed by atoms with Crippen LogP contribution in [0.3, 0.4) is 0 Å². The van der Waals surface area contributed by atoms with E-state index < -0.39 is 0 Å². The Bertz CT molecular complexity index is 2460. The van der Waals surface area contributed by atoms with Gasteiger partial charge < -0.3 is 0 Å². The van der Waals surface area contributed by atoms with Crippen LogP contribution in [0, 0.1) is 29.1 Å². The van der Waals surface area contributed by atoms with E-state index in [0.717, 1.165) is 61.9 Å². The molecule has 1 heterocycles. The molecule has 0 spiro atoms. The molecular weight excluding hydrogens is 645 g/mol. The molecule has 9 rings (SSSR count). The summed E-state index contributed by atoms with van der Waals surface area (Å²) in [5.74, 6) is 4.34. The van der Waals surface area contributed by atoms with E-state index >= 15 is 0 Å². The van der Waals surface area contributed by atoms with Crippen molar-refractivity contribution in [3.63, 3.8) is 0 Å². The molecule has 4 heteroatoms. The van der Waals surface area contributed by atoms with Gasteiger partial charge in [0.2, 0.25) is 0 Å². The third-order valence-corrected chi connectivity index (χ3v) is 11.8. The summed E-state index contributed by atoms with van der Waals surface area (Å²) in [7, 11) is 0. The number of fused-ring (bicyclic) bond motifs is 3. The van der Waals surface area contributed by atoms with E-state index in [2.05, 4.69) is 111 Å². The summed E-state index contributed by atoms with van der Waals surface area (Å²) in [6, 6.07) is 50.9. The minimum Gasteiger partial charge on any atom is -0.208 e. The number of aromatic nitrogens is 3. The van der Waals surface area contributed by atoms with E-state index in [1.54, 1.807) is 0 Å². The normalized spacial score (nSPS) is 20.9. The maximum atomic E-state index is 9.69. The first-order valence-electron chi connectivity index (χ1n) is 19.0. The zero-order chi connectivity index (χ0) is 35.9. The Morgan fingerprint density at radius 3 is 1.70 bits per heavy atom. The molecular formula is C49H42N4. The number of nitrogens with zero attached hydrogens (tertiary/aromatic N) is 4. The molecule has 0 radical (unpaired) electrons. The molecule has 0 aliphatic heterocycles. The number of benzene rings is 6. The highest BCUT2D eigenvalue weighted by molar-refractivity contribution is 5.99. The van der Waals surface area contributed by atoms with Gasteiger partial charge in [-0.3, -0.25) is 0 Å². The van der Waals surface area contributed by atoms with Crippen LogP contribution in [0.25, 0.3) is 67.2 Å². The van der Waals surface area contributed by atoms with Crippen LogP contribution in [0.4, 0.5) is 0 Å². The van der Waals surface area contributed by atoms with Crippen molar-refractivity contribution in [1.82, 2.24) is 15.0 Å². The average Bonchev–Trinajstić information content (AvgIpc) is 3.20. The molecule has 0 N–H and O–H groups in total. The third-order valence-electron chi connectivity index (χ3n) is 11.8. The minimum absolute atomic E-state index is 0.300. The number of rotatable bonds is 6. The van der Waals surface area contributed by atoms with Gasteiger partial charge in [-0.25, -0.2) is 15.0 Å². The topological polar surface area (TPSA) is 62.5 Å². The molecule has 6 aromatic carbocycles. The Balaban J connectivity index is 1.10. The van der Waals surface area contributed by atoms with Gasteiger partial charge in [0, 0.05) is 22.1 Å². The Kier molecular flexibility index (Phi) is 8.43. The fourth-order valence-corrected chi connectivity index (χ4v) is 9.78. The van der Waals surface area contributed by atoms with Gasteiger partial charge in [0.25, 0.3) is 0 Å². The molecule has 4 nitrogen and oxygen atoms in total. The molecule has 1 unspecified atom stereocenters. The predicted molar refractivity (Wildman–Crippen MR) is 216 cm³/mol. The SMILES string of the molecule is C[C@@H]1C[C@@H]2C[C@H](C)CC(c3ccc(-c4ccccc4-c4nc(-c5ccccc5)nc(-c5ccc(-c6ccc(C#N)c7ccccc67)cc5)n4)cc3)(C1)C2. The van der Waals surface area contributed by atoms with E-state index in [1.807, 2.05) is 48.5 Å². The van der Waals surface area contributed by atoms with Gasteiger partial charge >= 0.3 is 0 Å². The van der Waals surface area contributed by atoms with E-state index in [9.17, 15) is 5.26 Å². The van der Waals surface area contributed by atoms with E-state index in [4.69, 9.17) is 15.0 Å². The van der Waals surface area contributed by atoms with Crippen LogP contribution in [-0.2, 0) is 5.41 Å². The summed E-state index contributed by atoms with van der Waals surface area (Å²) in [5, 5.41) is 11.7. The van der Waals surface area contributed by atoms with Crippen molar-refractivity contribution in [1.29, 1.82) is 5.26 Å². The summed E-state index contributed by atoms with van der Waals surface area (Å²) in [5.41, 5.74) is 9.77. The monoisotopic (exact) mass is 686 g/mol. The van der Waals surface area contributed by atoms with Crippen molar-refractivity contribution < 1.29 is 0 Å². The lowest BCUT2D eigenvalue weighted by molar-refractivity contribution is 0.0780. The van der Waals surface area contributed by atoms with Crippen molar-refractivity contribution in [2.24, 2.45) is 17.8 Å². The lowest BCUT2D eigenvalue weighted by Crippen LogP contribution is -2.42. The van der Waals surface area contributed by atoms with Crippen LogP contribution >= 0.6 is 0 Å². The highest BCUT2D eigenvalue weighted by Crippen LogP contribution is 2.54. The van der Waals surface area contributed by atoms with Crippen LogP contribution < -0.4 is 0 Å². The van der Waals surface area contributed by atoms with Gasteiger partial charge in [0.15, 0.2) is 17.5 Å². The van der Waals surface area contributed by atoms with Crippen LogP contribution in [0.15, 0.2) is 140 Å². The third kappa shape index (κ3) is 6.21. The van der Waals surface area contributed by atoms with Gasteiger partial charge in [0.1, 0.15) is 0 Å². The van der Waals surface area contributed by atoms with Crippen LogP contribution in [0.1, 0.15) is 57.1 Å². The number of hydrogen-bond donors (Lipinski definition) is 0. The van der Waals surface area contributed by atoms with Gasteiger partial charge in [-0.15, -0.1) is 0 Å². The Labute approximate surface area is 312 Å². The molecule has 2 aliphatic rings. The van der Waals surface area contributed by atoms with E-state index in [-0.39, 0.29) is 0 Å². The second kappa shape index (κ2) is 13.6. The van der Waals surface area contributed by atoms with Crippen molar-refractivity contribution >= 4 is 10.8 Å². The fraction of sp³-hybridized carbons (Fsp3) is 0.224. The molecule has 2 saturated carbocycles. The molecule has 2 fully saturated rings. The molecule has 1 aromatic heterocycles. The summed E-state index contributed by atoms with van der Waals surface area (Å²) in [6.07, 6.45) is 6.69. The Morgan fingerprint density at radius 2 is 1.02 bits per heavy atom. The molecule has 258 valence electrons. The van der Waals surface area contributed by atoms with Crippen molar-refractivity contribution in [3.05, 3.63) is 151 Å². The fourth-order valence-electron chi connectivity index (χ4n) is 9.78.